The Morgan fingerprint density at radius 1 is 1.07 bits per heavy atom. The van der Waals surface area contributed by atoms with E-state index in [0.29, 0.717) is 17.5 Å². The third-order valence-electron chi connectivity index (χ3n) is 7.52. The second-order valence-corrected chi connectivity index (χ2v) is 12.3. The standard InChI is InChI=1S/C31H26F3N4O5S/c1-19-26(28(39)43-2)27(22-11-7-21(18-35)8-12-22)38-29(37(19)24-6-4-5-23(17-24)31(32,33)34)36(30(38)40)16-15-20-9-13-25(14-10-20)44(3,41)42/h4-14,17,27H,15-16H2,1-3H3/q+1. The number of methoxy groups -OCH3 is 1. The minimum absolute atomic E-state index is 0.0442. The molecule has 226 valence electrons. The molecule has 1 unspecified atom stereocenters. The number of ether oxygens (including phenoxy) is 1. The van der Waals surface area contributed by atoms with Gasteiger partial charge in [-0.3, -0.25) is 0 Å². The first-order chi connectivity index (χ1) is 20.8. The van der Waals surface area contributed by atoms with Gasteiger partial charge in [0.25, 0.3) is 0 Å². The maximum Gasteiger partial charge on any atom is 0.451 e. The maximum absolute atomic E-state index is 13.8. The molecule has 2 aliphatic rings. The number of guanidine groups is 1. The second-order valence-electron chi connectivity index (χ2n) is 10.3. The van der Waals surface area contributed by atoms with Gasteiger partial charge in [-0.25, -0.2) is 22.6 Å². The molecule has 2 heterocycles. The van der Waals surface area contributed by atoms with Crippen LogP contribution >= 0.6 is 0 Å². The van der Waals surface area contributed by atoms with E-state index in [1.165, 1.54) is 45.8 Å². The fourth-order valence-corrected chi connectivity index (χ4v) is 5.96. The van der Waals surface area contributed by atoms with E-state index in [1.807, 2.05) is 6.07 Å². The first-order valence-corrected chi connectivity index (χ1v) is 15.2. The van der Waals surface area contributed by atoms with Gasteiger partial charge < -0.3 is 4.74 Å². The molecule has 9 nitrogen and oxygen atoms in total. The Morgan fingerprint density at radius 3 is 2.30 bits per heavy atom. The summed E-state index contributed by atoms with van der Waals surface area (Å²) in [5.41, 5.74) is 1.05. The number of rotatable bonds is 7. The SMILES string of the molecule is COC(=O)C1=C(C)[N+](c2cccc(C(F)(F)F)c2)=C2N(CCc3ccc(S(C)(=O)=O)cc3)C(=O)N2C1c1ccc(C#N)cc1. The average molecular weight is 624 g/mol. The number of urea groups is 1. The van der Waals surface area contributed by atoms with E-state index in [9.17, 15) is 36.4 Å². The van der Waals surface area contributed by atoms with Crippen LogP contribution < -0.4 is 0 Å². The first-order valence-electron chi connectivity index (χ1n) is 13.3. The van der Waals surface area contributed by atoms with E-state index in [0.717, 1.165) is 24.0 Å². The van der Waals surface area contributed by atoms with E-state index in [1.54, 1.807) is 43.3 Å². The Kier molecular flexibility index (Phi) is 7.81. The van der Waals surface area contributed by atoms with E-state index < -0.39 is 39.6 Å². The van der Waals surface area contributed by atoms with Gasteiger partial charge in [0.1, 0.15) is 17.3 Å². The Balaban J connectivity index is 1.65. The fourth-order valence-electron chi connectivity index (χ4n) is 5.33. The Labute approximate surface area is 251 Å². The molecule has 3 aromatic carbocycles. The number of nitriles is 1. The summed E-state index contributed by atoms with van der Waals surface area (Å²) in [5, 5.41) is 9.26. The van der Waals surface area contributed by atoms with Gasteiger partial charge >= 0.3 is 24.1 Å². The largest absolute Gasteiger partial charge is 0.465 e. The van der Waals surface area contributed by atoms with Gasteiger partial charge in [0.05, 0.1) is 41.4 Å². The van der Waals surface area contributed by atoms with Crippen LogP contribution in [0.25, 0.3) is 0 Å². The van der Waals surface area contributed by atoms with Crippen molar-refractivity contribution in [3.63, 3.8) is 0 Å². The van der Waals surface area contributed by atoms with E-state index in [-0.39, 0.29) is 34.4 Å². The molecule has 2 aliphatic heterocycles. The third kappa shape index (κ3) is 5.44. The molecule has 1 atom stereocenters. The van der Waals surface area contributed by atoms with E-state index in [4.69, 9.17) is 4.74 Å². The number of hydrogen-bond donors (Lipinski definition) is 0. The molecule has 44 heavy (non-hydrogen) atoms. The number of carbonyl (C=O) groups is 2. The topological polar surface area (TPSA) is 111 Å². The van der Waals surface area contributed by atoms with E-state index >= 15 is 0 Å². The highest BCUT2D eigenvalue weighted by Crippen LogP contribution is 2.43. The number of benzene rings is 3. The summed E-state index contributed by atoms with van der Waals surface area (Å²) in [7, 11) is -2.23. The summed E-state index contributed by atoms with van der Waals surface area (Å²) in [6.45, 7) is 1.68. The number of halogens is 3. The summed E-state index contributed by atoms with van der Waals surface area (Å²) in [6.07, 6.45) is -3.24. The van der Waals surface area contributed by atoms with Crippen LogP contribution in [-0.2, 0) is 32.0 Å². The van der Waals surface area contributed by atoms with E-state index in [2.05, 4.69) is 0 Å². The lowest BCUT2D eigenvalue weighted by atomic mass is 9.91. The summed E-state index contributed by atoms with van der Waals surface area (Å²) in [6, 6.07) is 17.6. The van der Waals surface area contributed by atoms with Crippen molar-refractivity contribution in [2.24, 2.45) is 0 Å². The number of amides is 2. The number of sulfone groups is 1. The van der Waals surface area contributed by atoms with Gasteiger partial charge in [0, 0.05) is 12.7 Å². The van der Waals surface area contributed by atoms with Crippen molar-refractivity contribution in [2.45, 2.75) is 30.5 Å². The Hall–Kier alpha value is -4.96. The van der Waals surface area contributed by atoms with Gasteiger partial charge in [0.2, 0.25) is 0 Å². The summed E-state index contributed by atoms with van der Waals surface area (Å²) >= 11 is 0. The molecular weight excluding hydrogens is 597 g/mol. The normalized spacial score (nSPS) is 16.8. The molecular formula is C31H26F3N4O5S+. The lowest BCUT2D eigenvalue weighted by Crippen LogP contribution is -2.70. The van der Waals surface area contributed by atoms with Crippen LogP contribution in [0.3, 0.4) is 0 Å². The molecule has 2 amide bonds. The Bertz CT molecular complexity index is 1880. The number of esters is 1. The molecule has 3 aromatic rings. The van der Waals surface area contributed by atoms with Crippen LogP contribution in [0.5, 0.6) is 0 Å². The number of hydrogen-bond acceptors (Lipinski definition) is 6. The number of fused-ring (bicyclic) bond motifs is 1. The highest BCUT2D eigenvalue weighted by atomic mass is 32.2. The van der Waals surface area contributed by atoms with Gasteiger partial charge in [0.15, 0.2) is 9.84 Å². The zero-order chi connectivity index (χ0) is 32.0. The Morgan fingerprint density at radius 2 is 1.73 bits per heavy atom. The molecule has 0 N–H and O–H groups in total. The van der Waals surface area contributed by atoms with Crippen LogP contribution in [0.4, 0.5) is 23.7 Å². The molecule has 0 bridgehead atoms. The number of carbonyl (C=O) groups excluding carboxylic acids is 2. The van der Waals surface area contributed by atoms with Gasteiger partial charge in [-0.15, -0.1) is 0 Å². The van der Waals surface area contributed by atoms with Crippen molar-refractivity contribution in [2.75, 3.05) is 19.9 Å². The van der Waals surface area contributed by atoms with Gasteiger partial charge in [-0.1, -0.05) is 30.3 Å². The van der Waals surface area contributed by atoms with Crippen LogP contribution in [0.1, 0.15) is 35.2 Å². The molecule has 5 rings (SSSR count). The smallest absolute Gasteiger partial charge is 0.451 e. The summed E-state index contributed by atoms with van der Waals surface area (Å²) in [4.78, 5) is 29.9. The van der Waals surface area contributed by atoms with Crippen molar-refractivity contribution < 1.29 is 40.5 Å². The lowest BCUT2D eigenvalue weighted by Gasteiger charge is -2.43. The zero-order valence-electron chi connectivity index (χ0n) is 23.8. The van der Waals surface area contributed by atoms with Crippen LogP contribution in [0.2, 0.25) is 0 Å². The second kappa shape index (κ2) is 11.3. The predicted molar refractivity (Wildman–Crippen MR) is 152 cm³/mol. The quantitative estimate of drug-likeness (QED) is 0.266. The minimum atomic E-state index is -4.64. The highest BCUT2D eigenvalue weighted by molar-refractivity contribution is 7.90. The van der Waals surface area contributed by atoms with Gasteiger partial charge in [-0.2, -0.15) is 28.2 Å². The summed E-state index contributed by atoms with van der Waals surface area (Å²) in [5.74, 6) is -0.535. The van der Waals surface area contributed by atoms with Crippen molar-refractivity contribution in [1.82, 2.24) is 9.80 Å². The molecule has 0 aromatic heterocycles. The molecule has 1 fully saturated rings. The first kappa shape index (κ1) is 30.5. The van der Waals surface area contributed by atoms with Crippen molar-refractivity contribution in [3.05, 3.63) is 106 Å². The van der Waals surface area contributed by atoms with Crippen LogP contribution in [0.15, 0.2) is 89.0 Å². The number of alkyl halides is 3. The molecule has 1 saturated heterocycles. The number of nitrogens with zero attached hydrogens (tertiary/aromatic N) is 4. The third-order valence-corrected chi connectivity index (χ3v) is 8.65. The van der Waals surface area contributed by atoms with Gasteiger partial charge in [-0.05, 0) is 60.5 Å². The molecule has 0 saturated carbocycles. The highest BCUT2D eigenvalue weighted by Gasteiger charge is 2.61. The molecule has 0 radical (unpaired) electrons. The van der Waals surface area contributed by atoms with Crippen molar-refractivity contribution in [1.29, 1.82) is 5.26 Å². The van der Waals surface area contributed by atoms with Crippen molar-refractivity contribution >= 4 is 33.5 Å². The average Bonchev–Trinajstić information content (AvgIpc) is 2.99. The fraction of sp³-hybridized carbons (Fsp3) is 0.226. The molecule has 13 heteroatoms. The van der Waals surface area contributed by atoms with Crippen molar-refractivity contribution in [3.8, 4) is 6.07 Å². The number of allylic oxidation sites excluding steroid dienone is 1. The minimum Gasteiger partial charge on any atom is -0.465 e. The monoisotopic (exact) mass is 623 g/mol. The predicted octanol–water partition coefficient (Wildman–Crippen LogP) is 5.16. The molecule has 0 aliphatic carbocycles. The van der Waals surface area contributed by atoms with Crippen LogP contribution in [-0.4, -0.2) is 60.7 Å². The molecule has 0 spiro atoms. The summed E-state index contributed by atoms with van der Waals surface area (Å²) < 4.78 is 71.4. The lowest BCUT2D eigenvalue weighted by molar-refractivity contribution is -0.406. The maximum atomic E-state index is 13.8. The van der Waals surface area contributed by atoms with Crippen LogP contribution in [0, 0.1) is 11.3 Å². The zero-order valence-corrected chi connectivity index (χ0v) is 24.6.